The Morgan fingerprint density at radius 2 is 1.45 bits per heavy atom. The van der Waals surface area contributed by atoms with Gasteiger partial charge in [-0.15, -0.1) is 0 Å². The van der Waals surface area contributed by atoms with Crippen molar-refractivity contribution in [1.29, 1.82) is 0 Å². The number of halogens is 5. The smallest absolute Gasteiger partial charge is 0.206 e. The first kappa shape index (κ1) is 23.7. The van der Waals surface area contributed by atoms with Gasteiger partial charge in [-0.25, -0.2) is 8.42 Å². The molecule has 0 bridgehead atoms. The minimum Gasteiger partial charge on any atom is -0.257 e. The van der Waals surface area contributed by atoms with Gasteiger partial charge in [-0.05, 0) is 19.1 Å². The van der Waals surface area contributed by atoms with Crippen LogP contribution in [0.4, 0.5) is 0 Å². The van der Waals surface area contributed by atoms with Crippen molar-refractivity contribution in [3.63, 3.8) is 0 Å². The van der Waals surface area contributed by atoms with E-state index >= 15 is 0 Å². The second-order valence-electron chi connectivity index (χ2n) is 6.25. The van der Waals surface area contributed by atoms with E-state index in [9.17, 15) is 12.6 Å². The number of rotatable bonds is 4. The maximum atomic E-state index is 13.7. The van der Waals surface area contributed by atoms with Crippen LogP contribution >= 0.6 is 69.8 Å². The van der Waals surface area contributed by atoms with E-state index in [1.54, 1.807) is 31.2 Å². The summed E-state index contributed by atoms with van der Waals surface area (Å²) in [4.78, 5) is 0.167. The van der Waals surface area contributed by atoms with Gasteiger partial charge in [0.15, 0.2) is 0 Å². The standard InChI is InChI=1S/C18H13Cl5O3S3/c1-10-7-8-18(28(24)9-10,29(25,26)11-5-3-2-4-6-11)27-17-15(22)13(20)12(19)14(21)16(17)23/h2-7H,8-9H2,1H3. The fourth-order valence-electron chi connectivity index (χ4n) is 2.75. The van der Waals surface area contributed by atoms with Gasteiger partial charge in [0.25, 0.3) is 0 Å². The van der Waals surface area contributed by atoms with Gasteiger partial charge in [-0.1, -0.05) is 99.6 Å². The molecule has 0 radical (unpaired) electrons. The summed E-state index contributed by atoms with van der Waals surface area (Å²) in [5, 5.41) is -0.214. The van der Waals surface area contributed by atoms with E-state index in [0.717, 1.165) is 17.3 Å². The van der Waals surface area contributed by atoms with E-state index in [0.29, 0.717) is 0 Å². The number of sulfone groups is 1. The average Bonchev–Trinajstić information content (AvgIpc) is 2.70. The van der Waals surface area contributed by atoms with Crippen molar-refractivity contribution in [2.75, 3.05) is 5.75 Å². The van der Waals surface area contributed by atoms with Gasteiger partial charge in [0, 0.05) is 12.2 Å². The van der Waals surface area contributed by atoms with E-state index in [1.807, 2.05) is 0 Å². The highest BCUT2D eigenvalue weighted by atomic mass is 35.5. The lowest BCUT2D eigenvalue weighted by Gasteiger charge is -2.34. The lowest BCUT2D eigenvalue weighted by atomic mass is 10.3. The lowest BCUT2D eigenvalue weighted by Crippen LogP contribution is -2.42. The summed E-state index contributed by atoms with van der Waals surface area (Å²) in [5.74, 6) is 0.101. The van der Waals surface area contributed by atoms with E-state index in [-0.39, 0.29) is 47.1 Å². The first-order valence-corrected chi connectivity index (χ1v) is 13.6. The summed E-state index contributed by atoms with van der Waals surface area (Å²) in [5.41, 5.74) is 0.840. The van der Waals surface area contributed by atoms with Crippen LogP contribution in [0.25, 0.3) is 0 Å². The zero-order valence-corrected chi connectivity index (χ0v) is 20.9. The Balaban J connectivity index is 2.27. The molecule has 1 aliphatic heterocycles. The molecule has 0 saturated carbocycles. The van der Waals surface area contributed by atoms with Gasteiger partial charge in [-0.2, -0.15) is 0 Å². The third-order valence-electron chi connectivity index (χ3n) is 4.30. The van der Waals surface area contributed by atoms with Gasteiger partial charge in [0.1, 0.15) is 0 Å². The van der Waals surface area contributed by atoms with Crippen molar-refractivity contribution in [3.05, 3.63) is 67.1 Å². The summed E-state index contributed by atoms with van der Waals surface area (Å²) in [7, 11) is -5.88. The minimum atomic E-state index is -4.08. The number of benzene rings is 2. The second-order valence-corrected chi connectivity index (χ2v) is 14.1. The molecule has 3 nitrogen and oxygen atoms in total. The van der Waals surface area contributed by atoms with Crippen LogP contribution in [0.2, 0.25) is 25.1 Å². The molecule has 11 heteroatoms. The van der Waals surface area contributed by atoms with Crippen LogP contribution in [-0.4, -0.2) is 21.8 Å². The van der Waals surface area contributed by atoms with Crippen LogP contribution in [0.3, 0.4) is 0 Å². The Hall–Kier alpha value is 0.0800. The molecule has 0 aromatic heterocycles. The van der Waals surface area contributed by atoms with E-state index in [2.05, 4.69) is 0 Å². The van der Waals surface area contributed by atoms with Gasteiger partial charge in [0.05, 0.1) is 45.7 Å². The summed E-state index contributed by atoms with van der Waals surface area (Å²) in [6, 6.07) is 7.84. The number of hydrogen-bond donors (Lipinski definition) is 0. The molecule has 2 unspecified atom stereocenters. The normalized spacial score (nSPS) is 22.4. The Morgan fingerprint density at radius 3 is 1.97 bits per heavy atom. The molecule has 2 aromatic carbocycles. The maximum Gasteiger partial charge on any atom is 0.206 e. The summed E-state index contributed by atoms with van der Waals surface area (Å²) in [6.45, 7) is 1.80. The Labute approximate surface area is 201 Å². The van der Waals surface area contributed by atoms with Crippen LogP contribution in [0, 0.1) is 0 Å². The fourth-order valence-corrected chi connectivity index (χ4v) is 10.5. The fraction of sp³-hybridized carbons (Fsp3) is 0.222. The van der Waals surface area contributed by atoms with E-state index in [1.165, 1.54) is 12.1 Å². The zero-order chi connectivity index (χ0) is 21.6. The molecule has 0 spiro atoms. The molecular formula is C18H13Cl5O3S3. The monoisotopic (exact) mass is 548 g/mol. The molecule has 1 heterocycles. The third kappa shape index (κ3) is 4.12. The average molecular weight is 551 g/mol. The molecule has 0 aliphatic carbocycles. The van der Waals surface area contributed by atoms with Crippen molar-refractivity contribution < 1.29 is 12.6 Å². The summed E-state index contributed by atoms with van der Waals surface area (Å²) >= 11 is 31.8. The molecule has 2 atom stereocenters. The second kappa shape index (κ2) is 8.91. The van der Waals surface area contributed by atoms with Crippen LogP contribution in [0.5, 0.6) is 0 Å². The van der Waals surface area contributed by atoms with E-state index in [4.69, 9.17) is 58.0 Å². The van der Waals surface area contributed by atoms with Gasteiger partial charge in [-0.3, -0.25) is 4.21 Å². The molecule has 0 fully saturated rings. The van der Waals surface area contributed by atoms with Crippen molar-refractivity contribution in [2.24, 2.45) is 0 Å². The molecule has 1 aliphatic rings. The molecule has 0 amide bonds. The predicted molar refractivity (Wildman–Crippen MR) is 125 cm³/mol. The topological polar surface area (TPSA) is 51.2 Å². The predicted octanol–water partition coefficient (Wildman–Crippen LogP) is 7.27. The van der Waals surface area contributed by atoms with Crippen LogP contribution in [-0.2, 0) is 20.6 Å². The van der Waals surface area contributed by atoms with Crippen LogP contribution < -0.4 is 0 Å². The molecule has 0 N–H and O–H groups in total. The first-order valence-electron chi connectivity index (χ1n) is 8.07. The highest BCUT2D eigenvalue weighted by Gasteiger charge is 2.52. The van der Waals surface area contributed by atoms with Crippen molar-refractivity contribution in [1.82, 2.24) is 0 Å². The first-order chi connectivity index (χ1) is 13.5. The van der Waals surface area contributed by atoms with E-state index < -0.39 is 24.0 Å². The van der Waals surface area contributed by atoms with Gasteiger partial charge in [0.2, 0.25) is 13.2 Å². The summed E-state index contributed by atoms with van der Waals surface area (Å²) in [6.07, 6.45) is 1.76. The Morgan fingerprint density at radius 1 is 0.931 bits per heavy atom. The summed E-state index contributed by atoms with van der Waals surface area (Å²) < 4.78 is 38.9. The number of hydrogen-bond acceptors (Lipinski definition) is 4. The zero-order valence-electron chi connectivity index (χ0n) is 14.7. The van der Waals surface area contributed by atoms with Gasteiger partial charge >= 0.3 is 0 Å². The highest BCUT2D eigenvalue weighted by Crippen LogP contribution is 2.55. The lowest BCUT2D eigenvalue weighted by molar-refractivity contribution is 0.586. The van der Waals surface area contributed by atoms with Crippen LogP contribution in [0.15, 0.2) is 51.8 Å². The Bertz CT molecular complexity index is 1100. The minimum absolute atomic E-state index is 0.00212. The number of allylic oxidation sites excluding steroid dienone is 1. The Kier molecular flexibility index (Phi) is 7.29. The van der Waals surface area contributed by atoms with Crippen molar-refractivity contribution >= 4 is 90.4 Å². The third-order valence-corrected chi connectivity index (χ3v) is 14.3. The highest BCUT2D eigenvalue weighted by molar-refractivity contribution is 8.27. The molecule has 29 heavy (non-hydrogen) atoms. The molecule has 0 saturated heterocycles. The molecule has 3 rings (SSSR count). The van der Waals surface area contributed by atoms with Crippen LogP contribution in [0.1, 0.15) is 13.3 Å². The maximum absolute atomic E-state index is 13.7. The SMILES string of the molecule is CC1=CCC(Sc2c(Cl)c(Cl)c(Cl)c(Cl)c2Cl)(S(=O)(=O)c2ccccc2)S(=O)C1. The number of thioether (sulfide) groups is 1. The van der Waals surface area contributed by atoms with Gasteiger partial charge < -0.3 is 0 Å². The quantitative estimate of drug-likeness (QED) is 0.228. The molecular weight excluding hydrogens is 538 g/mol. The molecule has 156 valence electrons. The van der Waals surface area contributed by atoms with Crippen molar-refractivity contribution in [3.8, 4) is 0 Å². The van der Waals surface area contributed by atoms with Crippen molar-refractivity contribution in [2.45, 2.75) is 26.5 Å². The molecule has 2 aromatic rings. The largest absolute Gasteiger partial charge is 0.257 e.